The van der Waals surface area contributed by atoms with Crippen LogP contribution in [0.3, 0.4) is 0 Å². The maximum atomic E-state index is 6.36. The second-order valence-corrected chi connectivity index (χ2v) is 5.78. The summed E-state index contributed by atoms with van der Waals surface area (Å²) in [6, 6.07) is 9.03. The highest BCUT2D eigenvalue weighted by Gasteiger charge is 2.47. The molecule has 0 radical (unpaired) electrons. The molecule has 2 N–H and O–H groups in total. The van der Waals surface area contributed by atoms with E-state index in [-0.39, 0.29) is 0 Å². The summed E-state index contributed by atoms with van der Waals surface area (Å²) in [4.78, 5) is 0. The van der Waals surface area contributed by atoms with Crippen molar-refractivity contribution >= 4 is 0 Å². The molecule has 3 atom stereocenters. The molecule has 0 spiro atoms. The Morgan fingerprint density at radius 3 is 2.56 bits per heavy atom. The van der Waals surface area contributed by atoms with Gasteiger partial charge >= 0.3 is 0 Å². The average molecular weight is 215 g/mol. The molecule has 0 aliphatic heterocycles. The number of aryl methyl sites for hydroxylation is 1. The van der Waals surface area contributed by atoms with Crippen molar-refractivity contribution in [1.29, 1.82) is 0 Å². The Labute approximate surface area is 98.0 Å². The Kier molecular flexibility index (Phi) is 2.51. The van der Waals surface area contributed by atoms with Gasteiger partial charge in [-0.2, -0.15) is 0 Å². The van der Waals surface area contributed by atoms with Crippen LogP contribution in [0.15, 0.2) is 24.3 Å². The third-order valence-electron chi connectivity index (χ3n) is 4.60. The van der Waals surface area contributed by atoms with Crippen LogP contribution in [0, 0.1) is 24.7 Å². The SMILES string of the molecule is Cc1ccccc1CC(N)C1CC2CC2C1. The Bertz CT molecular complexity index is 375. The van der Waals surface area contributed by atoms with E-state index in [1.54, 1.807) is 0 Å². The van der Waals surface area contributed by atoms with Crippen LogP contribution >= 0.6 is 0 Å². The summed E-state index contributed by atoms with van der Waals surface area (Å²) < 4.78 is 0. The summed E-state index contributed by atoms with van der Waals surface area (Å²) in [5.41, 5.74) is 9.19. The van der Waals surface area contributed by atoms with Gasteiger partial charge in [0.25, 0.3) is 0 Å². The fraction of sp³-hybridized carbons (Fsp3) is 0.600. The van der Waals surface area contributed by atoms with Crippen LogP contribution in [0.1, 0.15) is 30.4 Å². The lowest BCUT2D eigenvalue weighted by Gasteiger charge is -2.21. The maximum absolute atomic E-state index is 6.36. The van der Waals surface area contributed by atoms with E-state index >= 15 is 0 Å². The molecule has 1 heteroatoms. The summed E-state index contributed by atoms with van der Waals surface area (Å²) in [7, 11) is 0. The molecule has 0 bridgehead atoms. The van der Waals surface area contributed by atoms with Crippen LogP contribution in [0.25, 0.3) is 0 Å². The van der Waals surface area contributed by atoms with Crippen molar-refractivity contribution in [2.75, 3.05) is 0 Å². The molecule has 0 heterocycles. The van der Waals surface area contributed by atoms with Gasteiger partial charge in [0.1, 0.15) is 0 Å². The Morgan fingerprint density at radius 1 is 1.19 bits per heavy atom. The van der Waals surface area contributed by atoms with Crippen LogP contribution in [-0.4, -0.2) is 6.04 Å². The van der Waals surface area contributed by atoms with E-state index in [1.165, 1.54) is 30.4 Å². The van der Waals surface area contributed by atoms with Crippen molar-refractivity contribution in [2.45, 2.75) is 38.6 Å². The number of rotatable bonds is 3. The third kappa shape index (κ3) is 1.89. The zero-order valence-corrected chi connectivity index (χ0v) is 10.0. The van der Waals surface area contributed by atoms with E-state index in [0.29, 0.717) is 6.04 Å². The molecule has 86 valence electrons. The molecule has 1 aromatic rings. The van der Waals surface area contributed by atoms with Gasteiger partial charge in [-0.3, -0.25) is 0 Å². The van der Waals surface area contributed by atoms with Crippen molar-refractivity contribution in [3.63, 3.8) is 0 Å². The summed E-state index contributed by atoms with van der Waals surface area (Å²) in [6.45, 7) is 2.19. The highest BCUT2D eigenvalue weighted by atomic mass is 14.7. The monoisotopic (exact) mass is 215 g/mol. The topological polar surface area (TPSA) is 26.0 Å². The molecule has 0 aromatic heterocycles. The smallest absolute Gasteiger partial charge is 0.0108 e. The molecule has 2 saturated carbocycles. The quantitative estimate of drug-likeness (QED) is 0.824. The van der Waals surface area contributed by atoms with E-state index in [1.807, 2.05) is 0 Å². The van der Waals surface area contributed by atoms with Crippen molar-refractivity contribution in [3.8, 4) is 0 Å². The third-order valence-corrected chi connectivity index (χ3v) is 4.60. The molecular weight excluding hydrogens is 194 g/mol. The van der Waals surface area contributed by atoms with Gasteiger partial charge < -0.3 is 5.73 Å². The second-order valence-electron chi connectivity index (χ2n) is 5.78. The van der Waals surface area contributed by atoms with Gasteiger partial charge in [0.2, 0.25) is 0 Å². The number of nitrogens with two attached hydrogens (primary N) is 1. The minimum absolute atomic E-state index is 0.383. The van der Waals surface area contributed by atoms with Gasteiger partial charge in [0.15, 0.2) is 0 Å². The van der Waals surface area contributed by atoms with E-state index in [9.17, 15) is 0 Å². The zero-order valence-electron chi connectivity index (χ0n) is 10.0. The average Bonchev–Trinajstić information content (AvgIpc) is 2.89. The summed E-state index contributed by atoms with van der Waals surface area (Å²) in [6.07, 6.45) is 5.36. The summed E-state index contributed by atoms with van der Waals surface area (Å²) in [5, 5.41) is 0. The largest absolute Gasteiger partial charge is 0.327 e. The molecule has 3 unspecified atom stereocenters. The van der Waals surface area contributed by atoms with Crippen molar-refractivity contribution in [2.24, 2.45) is 23.5 Å². The van der Waals surface area contributed by atoms with Crippen LogP contribution in [0.5, 0.6) is 0 Å². The van der Waals surface area contributed by atoms with E-state index in [2.05, 4.69) is 31.2 Å². The van der Waals surface area contributed by atoms with E-state index < -0.39 is 0 Å². The van der Waals surface area contributed by atoms with Gasteiger partial charge in [0.05, 0.1) is 0 Å². The van der Waals surface area contributed by atoms with E-state index in [0.717, 1.165) is 24.2 Å². The number of benzene rings is 1. The second kappa shape index (κ2) is 3.89. The van der Waals surface area contributed by atoms with Gasteiger partial charge in [-0.1, -0.05) is 24.3 Å². The summed E-state index contributed by atoms with van der Waals surface area (Å²) in [5.74, 6) is 2.89. The molecular formula is C15H21N. The molecule has 0 saturated heterocycles. The van der Waals surface area contributed by atoms with Crippen LogP contribution in [-0.2, 0) is 6.42 Å². The Morgan fingerprint density at radius 2 is 1.88 bits per heavy atom. The van der Waals surface area contributed by atoms with Gasteiger partial charge in [-0.25, -0.2) is 0 Å². The van der Waals surface area contributed by atoms with Crippen LogP contribution in [0.2, 0.25) is 0 Å². The molecule has 2 fully saturated rings. The standard InChI is InChI=1S/C15H21N/c1-10-4-2-3-5-11(10)9-15(16)14-7-12-6-13(12)8-14/h2-5,12-15H,6-9,16H2,1H3. The minimum atomic E-state index is 0.383. The molecule has 16 heavy (non-hydrogen) atoms. The highest BCUT2D eigenvalue weighted by Crippen LogP contribution is 2.55. The normalized spacial score (nSPS) is 33.5. The predicted molar refractivity (Wildman–Crippen MR) is 67.2 cm³/mol. The first-order chi connectivity index (χ1) is 7.74. The fourth-order valence-electron chi connectivity index (χ4n) is 3.37. The maximum Gasteiger partial charge on any atom is 0.0108 e. The zero-order chi connectivity index (χ0) is 11.1. The first-order valence-electron chi connectivity index (χ1n) is 6.54. The van der Waals surface area contributed by atoms with Crippen molar-refractivity contribution < 1.29 is 0 Å². The van der Waals surface area contributed by atoms with E-state index in [4.69, 9.17) is 5.73 Å². The predicted octanol–water partition coefficient (Wildman–Crippen LogP) is 2.91. The Balaban J connectivity index is 1.64. The number of hydrogen-bond donors (Lipinski definition) is 1. The molecule has 3 rings (SSSR count). The molecule has 1 aromatic carbocycles. The minimum Gasteiger partial charge on any atom is -0.327 e. The van der Waals surface area contributed by atoms with Gasteiger partial charge in [-0.15, -0.1) is 0 Å². The lowest BCUT2D eigenvalue weighted by atomic mass is 9.89. The number of fused-ring (bicyclic) bond motifs is 1. The molecule has 2 aliphatic rings. The highest BCUT2D eigenvalue weighted by molar-refractivity contribution is 5.26. The van der Waals surface area contributed by atoms with Crippen LogP contribution in [0.4, 0.5) is 0 Å². The number of hydrogen-bond acceptors (Lipinski definition) is 1. The van der Waals surface area contributed by atoms with Gasteiger partial charge in [0, 0.05) is 6.04 Å². The molecule has 1 nitrogen and oxygen atoms in total. The van der Waals surface area contributed by atoms with Crippen LogP contribution < -0.4 is 5.73 Å². The van der Waals surface area contributed by atoms with Gasteiger partial charge in [-0.05, 0) is 61.5 Å². The first kappa shape index (κ1) is 10.3. The van der Waals surface area contributed by atoms with Crippen molar-refractivity contribution in [3.05, 3.63) is 35.4 Å². The van der Waals surface area contributed by atoms with Crippen molar-refractivity contribution in [1.82, 2.24) is 0 Å². The lowest BCUT2D eigenvalue weighted by Crippen LogP contribution is -2.31. The fourth-order valence-corrected chi connectivity index (χ4v) is 3.37. The lowest BCUT2D eigenvalue weighted by molar-refractivity contribution is 0.392. The molecule has 2 aliphatic carbocycles. The first-order valence-corrected chi connectivity index (χ1v) is 6.54. The summed E-state index contributed by atoms with van der Waals surface area (Å²) >= 11 is 0. The molecule has 0 amide bonds. The Hall–Kier alpha value is -0.820.